The molecule has 0 aromatic heterocycles. The Bertz CT molecular complexity index is 148. The molecule has 0 radical (unpaired) electrons. The third kappa shape index (κ3) is 3.79. The van der Waals surface area contributed by atoms with Crippen LogP contribution in [0.4, 0.5) is 0 Å². The minimum Gasteiger partial charge on any atom is -0.383 e. The average molecular weight is 217 g/mol. The molecule has 0 saturated heterocycles. The van der Waals surface area contributed by atoms with Gasteiger partial charge >= 0.3 is 0 Å². The van der Waals surface area contributed by atoms with E-state index in [-0.39, 0.29) is 0 Å². The summed E-state index contributed by atoms with van der Waals surface area (Å²) in [5.41, 5.74) is 0.636. The molecule has 3 heteroatoms. The van der Waals surface area contributed by atoms with Crippen LogP contribution in [0.5, 0.6) is 0 Å². The van der Waals surface area contributed by atoms with Gasteiger partial charge in [0.15, 0.2) is 0 Å². The predicted molar refractivity (Wildman–Crippen MR) is 64.0 cm³/mol. The Labute approximate surface area is 92.2 Å². The zero-order valence-corrected chi connectivity index (χ0v) is 10.3. The summed E-state index contributed by atoms with van der Waals surface area (Å²) < 4.78 is 5.02. The van der Waals surface area contributed by atoms with Crippen molar-refractivity contribution in [2.24, 2.45) is 5.41 Å². The topological polar surface area (TPSA) is 21.3 Å². The van der Waals surface area contributed by atoms with Crippen molar-refractivity contribution >= 4 is 11.8 Å². The van der Waals surface area contributed by atoms with E-state index in [0.29, 0.717) is 5.41 Å². The van der Waals surface area contributed by atoms with Gasteiger partial charge in [-0.15, -0.1) is 0 Å². The van der Waals surface area contributed by atoms with Crippen LogP contribution in [-0.4, -0.2) is 38.8 Å². The minimum atomic E-state index is 0.636. The van der Waals surface area contributed by atoms with Crippen molar-refractivity contribution in [3.8, 4) is 0 Å². The van der Waals surface area contributed by atoms with Gasteiger partial charge in [-0.2, -0.15) is 11.8 Å². The molecule has 1 fully saturated rings. The van der Waals surface area contributed by atoms with E-state index in [2.05, 4.69) is 11.6 Å². The summed E-state index contributed by atoms with van der Waals surface area (Å²) in [6, 6.07) is 0. The van der Waals surface area contributed by atoms with Gasteiger partial charge in [-0.05, 0) is 36.7 Å². The van der Waals surface area contributed by atoms with Gasteiger partial charge in [0.1, 0.15) is 0 Å². The lowest BCUT2D eigenvalue weighted by molar-refractivity contribution is 0.119. The van der Waals surface area contributed by atoms with Crippen LogP contribution in [-0.2, 0) is 4.74 Å². The molecule has 0 bridgehead atoms. The quantitative estimate of drug-likeness (QED) is 0.630. The van der Waals surface area contributed by atoms with Gasteiger partial charge < -0.3 is 10.1 Å². The van der Waals surface area contributed by atoms with E-state index in [0.717, 1.165) is 13.2 Å². The second kappa shape index (κ2) is 6.70. The maximum Gasteiger partial charge on any atom is 0.0587 e. The summed E-state index contributed by atoms with van der Waals surface area (Å²) in [5, 5.41) is 3.50. The summed E-state index contributed by atoms with van der Waals surface area (Å²) >= 11 is 1.97. The monoisotopic (exact) mass is 217 g/mol. The van der Waals surface area contributed by atoms with Crippen LogP contribution in [0.25, 0.3) is 0 Å². The minimum absolute atomic E-state index is 0.636. The van der Waals surface area contributed by atoms with Gasteiger partial charge in [0.05, 0.1) is 6.61 Å². The largest absolute Gasteiger partial charge is 0.383 e. The second-order valence-electron chi connectivity index (χ2n) is 4.27. The maximum absolute atomic E-state index is 5.02. The third-order valence-corrected chi connectivity index (χ3v) is 3.85. The highest BCUT2D eigenvalue weighted by Gasteiger charge is 2.35. The van der Waals surface area contributed by atoms with Crippen LogP contribution in [0.3, 0.4) is 0 Å². The molecule has 84 valence electrons. The molecule has 14 heavy (non-hydrogen) atoms. The van der Waals surface area contributed by atoms with E-state index in [4.69, 9.17) is 4.74 Å². The van der Waals surface area contributed by atoms with Crippen LogP contribution in [0, 0.1) is 5.41 Å². The fourth-order valence-electron chi connectivity index (χ4n) is 2.04. The van der Waals surface area contributed by atoms with Crippen LogP contribution < -0.4 is 5.32 Å². The van der Waals surface area contributed by atoms with Crippen molar-refractivity contribution in [2.45, 2.75) is 25.7 Å². The Morgan fingerprint density at radius 2 is 2.21 bits per heavy atom. The van der Waals surface area contributed by atoms with E-state index in [1.165, 1.54) is 38.0 Å². The van der Waals surface area contributed by atoms with Gasteiger partial charge in [-0.25, -0.2) is 0 Å². The lowest BCUT2D eigenvalue weighted by Crippen LogP contribution is -2.41. The molecular weight excluding hydrogens is 194 g/mol. The van der Waals surface area contributed by atoms with Crippen molar-refractivity contribution < 1.29 is 4.74 Å². The molecule has 0 aromatic rings. The number of nitrogens with one attached hydrogen (secondary N) is 1. The SMILES string of the molecule is COCCNCC1(CCSC)CCC1. The maximum atomic E-state index is 5.02. The molecule has 1 saturated carbocycles. The molecule has 1 aliphatic carbocycles. The normalized spacial score (nSPS) is 19.3. The lowest BCUT2D eigenvalue weighted by atomic mass is 9.67. The fraction of sp³-hybridized carbons (Fsp3) is 1.00. The van der Waals surface area contributed by atoms with E-state index in [9.17, 15) is 0 Å². The molecule has 0 aromatic carbocycles. The molecule has 0 atom stereocenters. The van der Waals surface area contributed by atoms with Crippen LogP contribution in [0.2, 0.25) is 0 Å². The van der Waals surface area contributed by atoms with Crippen LogP contribution >= 0.6 is 11.8 Å². The van der Waals surface area contributed by atoms with Crippen molar-refractivity contribution in [1.29, 1.82) is 0 Å². The first-order valence-corrected chi connectivity index (χ1v) is 6.91. The van der Waals surface area contributed by atoms with Gasteiger partial charge in [0, 0.05) is 20.2 Å². The second-order valence-corrected chi connectivity index (χ2v) is 5.25. The van der Waals surface area contributed by atoms with Crippen molar-refractivity contribution in [2.75, 3.05) is 38.8 Å². The number of rotatable bonds is 8. The van der Waals surface area contributed by atoms with Gasteiger partial charge in [0.25, 0.3) is 0 Å². The summed E-state index contributed by atoms with van der Waals surface area (Å²) in [4.78, 5) is 0. The molecule has 0 aliphatic heterocycles. The highest BCUT2D eigenvalue weighted by molar-refractivity contribution is 7.98. The van der Waals surface area contributed by atoms with E-state index in [1.807, 2.05) is 11.8 Å². The number of ether oxygens (including phenoxy) is 1. The Kier molecular flexibility index (Phi) is 5.90. The Hall–Kier alpha value is 0.270. The first-order chi connectivity index (χ1) is 6.83. The molecule has 1 rings (SSSR count). The smallest absolute Gasteiger partial charge is 0.0587 e. The Morgan fingerprint density at radius 3 is 2.71 bits per heavy atom. The molecule has 0 spiro atoms. The van der Waals surface area contributed by atoms with Gasteiger partial charge in [-0.3, -0.25) is 0 Å². The molecular formula is C11H23NOS. The van der Waals surface area contributed by atoms with Crippen LogP contribution in [0.1, 0.15) is 25.7 Å². The first-order valence-electron chi connectivity index (χ1n) is 5.52. The molecule has 1 aliphatic rings. The molecule has 2 nitrogen and oxygen atoms in total. The summed E-state index contributed by atoms with van der Waals surface area (Å²) in [7, 11) is 1.76. The van der Waals surface area contributed by atoms with Crippen molar-refractivity contribution in [3.05, 3.63) is 0 Å². The zero-order chi connectivity index (χ0) is 10.3. The third-order valence-electron chi connectivity index (χ3n) is 3.23. The van der Waals surface area contributed by atoms with E-state index in [1.54, 1.807) is 7.11 Å². The molecule has 0 heterocycles. The summed E-state index contributed by atoms with van der Waals surface area (Å²) in [6.07, 6.45) is 7.86. The van der Waals surface area contributed by atoms with Crippen LogP contribution in [0.15, 0.2) is 0 Å². The van der Waals surface area contributed by atoms with Gasteiger partial charge in [0.2, 0.25) is 0 Å². The fourth-order valence-corrected chi connectivity index (χ4v) is 2.68. The lowest BCUT2D eigenvalue weighted by Gasteiger charge is -2.42. The Morgan fingerprint density at radius 1 is 1.43 bits per heavy atom. The average Bonchev–Trinajstić information content (AvgIpc) is 2.15. The summed E-state index contributed by atoms with van der Waals surface area (Å²) in [5.74, 6) is 1.31. The predicted octanol–water partition coefficient (Wildman–Crippen LogP) is 2.15. The highest BCUT2D eigenvalue weighted by Crippen LogP contribution is 2.43. The number of thioether (sulfide) groups is 1. The molecule has 0 unspecified atom stereocenters. The van der Waals surface area contributed by atoms with E-state index < -0.39 is 0 Å². The van der Waals surface area contributed by atoms with Gasteiger partial charge in [-0.1, -0.05) is 6.42 Å². The van der Waals surface area contributed by atoms with Crippen molar-refractivity contribution in [3.63, 3.8) is 0 Å². The molecule has 0 amide bonds. The molecule has 1 N–H and O–H groups in total. The summed E-state index contributed by atoms with van der Waals surface area (Å²) in [6.45, 7) is 3.02. The highest BCUT2D eigenvalue weighted by atomic mass is 32.2. The Balaban J connectivity index is 2.10. The number of methoxy groups -OCH3 is 1. The van der Waals surface area contributed by atoms with E-state index >= 15 is 0 Å². The first kappa shape index (κ1) is 12.3. The number of hydrogen-bond acceptors (Lipinski definition) is 3. The number of hydrogen-bond donors (Lipinski definition) is 1. The standard InChI is InChI=1S/C11H23NOS/c1-13-8-7-12-10-11(4-3-5-11)6-9-14-2/h12H,3-10H2,1-2H3. The van der Waals surface area contributed by atoms with Crippen molar-refractivity contribution in [1.82, 2.24) is 5.32 Å². The zero-order valence-electron chi connectivity index (χ0n) is 9.47.